The molecular formula is C14H28N2O2. The molecule has 1 rings (SSSR count). The van der Waals surface area contributed by atoms with E-state index in [2.05, 4.69) is 12.2 Å². The van der Waals surface area contributed by atoms with Crippen LogP contribution in [0.3, 0.4) is 0 Å². The van der Waals surface area contributed by atoms with E-state index in [1.54, 1.807) is 0 Å². The highest BCUT2D eigenvalue weighted by Gasteiger charge is 2.33. The Morgan fingerprint density at radius 2 is 2.06 bits per heavy atom. The number of β-amino-alcohol motifs (C(OH)–C–C–N with tert-alkyl or cyclic N) is 1. The van der Waals surface area contributed by atoms with Crippen LogP contribution in [0, 0.1) is 0 Å². The van der Waals surface area contributed by atoms with Crippen molar-refractivity contribution >= 4 is 5.91 Å². The zero-order valence-corrected chi connectivity index (χ0v) is 12.0. The standard InChI is InChI=1S/C14H28N2O2/c1-4-9-15-12-8-7-10-16(13(12)17)11-14(18,5-2)6-3/h12,15,18H,4-11H2,1-3H3. The number of aliphatic hydroxyl groups is 1. The number of nitrogens with one attached hydrogen (secondary N) is 1. The molecule has 4 nitrogen and oxygen atoms in total. The smallest absolute Gasteiger partial charge is 0.239 e. The van der Waals surface area contributed by atoms with Crippen LogP contribution in [0.4, 0.5) is 0 Å². The number of rotatable bonds is 7. The number of carbonyl (C=O) groups is 1. The van der Waals surface area contributed by atoms with Gasteiger partial charge >= 0.3 is 0 Å². The van der Waals surface area contributed by atoms with Gasteiger partial charge in [-0.1, -0.05) is 20.8 Å². The Kier molecular flexibility index (Phi) is 6.09. The van der Waals surface area contributed by atoms with E-state index in [1.165, 1.54) is 0 Å². The van der Waals surface area contributed by atoms with Crippen molar-refractivity contribution in [1.82, 2.24) is 10.2 Å². The number of hydrogen-bond acceptors (Lipinski definition) is 3. The minimum absolute atomic E-state index is 0.0448. The van der Waals surface area contributed by atoms with Crippen LogP contribution in [0.25, 0.3) is 0 Å². The van der Waals surface area contributed by atoms with Crippen molar-refractivity contribution in [3.05, 3.63) is 0 Å². The first-order valence-electron chi connectivity index (χ1n) is 7.30. The third kappa shape index (κ3) is 3.95. The van der Waals surface area contributed by atoms with E-state index in [4.69, 9.17) is 0 Å². The maximum atomic E-state index is 12.3. The van der Waals surface area contributed by atoms with E-state index in [0.717, 1.165) is 32.4 Å². The molecule has 0 aliphatic carbocycles. The normalized spacial score (nSPS) is 21.4. The third-order valence-corrected chi connectivity index (χ3v) is 3.97. The molecule has 106 valence electrons. The lowest BCUT2D eigenvalue weighted by Crippen LogP contribution is -2.55. The van der Waals surface area contributed by atoms with Crippen LogP contribution in [0.2, 0.25) is 0 Å². The van der Waals surface area contributed by atoms with Gasteiger partial charge in [0.15, 0.2) is 0 Å². The number of amides is 1. The summed E-state index contributed by atoms with van der Waals surface area (Å²) >= 11 is 0. The highest BCUT2D eigenvalue weighted by molar-refractivity contribution is 5.82. The van der Waals surface area contributed by atoms with Crippen molar-refractivity contribution in [2.45, 2.75) is 64.5 Å². The molecule has 0 aromatic rings. The van der Waals surface area contributed by atoms with Gasteiger partial charge in [-0.25, -0.2) is 0 Å². The predicted octanol–water partition coefficient (Wildman–Crippen LogP) is 1.53. The molecule has 0 aromatic heterocycles. The van der Waals surface area contributed by atoms with Crippen molar-refractivity contribution in [2.75, 3.05) is 19.6 Å². The molecule has 0 spiro atoms. The van der Waals surface area contributed by atoms with Crippen LogP contribution in [0.15, 0.2) is 0 Å². The fraction of sp³-hybridized carbons (Fsp3) is 0.929. The number of likely N-dealkylation sites (tertiary alicyclic amines) is 1. The molecule has 1 fully saturated rings. The Labute approximate surface area is 111 Å². The lowest BCUT2D eigenvalue weighted by molar-refractivity contribution is -0.140. The fourth-order valence-corrected chi connectivity index (χ4v) is 2.43. The molecule has 1 atom stereocenters. The molecule has 0 bridgehead atoms. The maximum Gasteiger partial charge on any atom is 0.239 e. The highest BCUT2D eigenvalue weighted by Crippen LogP contribution is 2.20. The Balaban J connectivity index is 2.57. The summed E-state index contributed by atoms with van der Waals surface area (Å²) < 4.78 is 0. The average Bonchev–Trinajstić information content (AvgIpc) is 2.39. The van der Waals surface area contributed by atoms with Crippen molar-refractivity contribution in [3.63, 3.8) is 0 Å². The molecule has 1 saturated heterocycles. The second-order valence-corrected chi connectivity index (χ2v) is 5.34. The molecule has 0 aromatic carbocycles. The van der Waals surface area contributed by atoms with Gasteiger partial charge < -0.3 is 15.3 Å². The molecule has 4 heteroatoms. The summed E-state index contributed by atoms with van der Waals surface area (Å²) in [5.74, 6) is 0.162. The summed E-state index contributed by atoms with van der Waals surface area (Å²) in [6.07, 6.45) is 4.38. The Morgan fingerprint density at radius 1 is 1.39 bits per heavy atom. The summed E-state index contributed by atoms with van der Waals surface area (Å²) in [6.45, 7) is 8.20. The molecule has 1 unspecified atom stereocenters. The van der Waals surface area contributed by atoms with Crippen molar-refractivity contribution in [2.24, 2.45) is 0 Å². The van der Waals surface area contributed by atoms with Gasteiger partial charge in [0.25, 0.3) is 0 Å². The zero-order chi connectivity index (χ0) is 13.6. The van der Waals surface area contributed by atoms with Gasteiger partial charge in [-0.3, -0.25) is 4.79 Å². The second kappa shape index (κ2) is 7.10. The van der Waals surface area contributed by atoms with Crippen LogP contribution in [0.1, 0.15) is 52.9 Å². The first-order valence-corrected chi connectivity index (χ1v) is 7.30. The van der Waals surface area contributed by atoms with Crippen LogP contribution in [-0.4, -0.2) is 47.2 Å². The van der Waals surface area contributed by atoms with Crippen LogP contribution in [0.5, 0.6) is 0 Å². The summed E-state index contributed by atoms with van der Waals surface area (Å²) in [7, 11) is 0. The van der Waals surface area contributed by atoms with Gasteiger partial charge in [0.2, 0.25) is 5.91 Å². The fourth-order valence-electron chi connectivity index (χ4n) is 2.43. The lowest BCUT2D eigenvalue weighted by atomic mass is 9.94. The molecule has 1 aliphatic heterocycles. The molecule has 1 aliphatic rings. The van der Waals surface area contributed by atoms with Gasteiger partial charge in [-0.05, 0) is 38.6 Å². The van der Waals surface area contributed by atoms with Crippen molar-refractivity contribution in [1.29, 1.82) is 0 Å². The third-order valence-electron chi connectivity index (χ3n) is 3.97. The summed E-state index contributed by atoms with van der Waals surface area (Å²) in [5.41, 5.74) is -0.720. The van der Waals surface area contributed by atoms with E-state index >= 15 is 0 Å². The monoisotopic (exact) mass is 256 g/mol. The Morgan fingerprint density at radius 3 is 2.61 bits per heavy atom. The molecule has 1 heterocycles. The minimum Gasteiger partial charge on any atom is -0.388 e. The van der Waals surface area contributed by atoms with Gasteiger partial charge in [0, 0.05) is 13.1 Å². The summed E-state index contributed by atoms with van der Waals surface area (Å²) in [6, 6.07) is -0.0448. The SMILES string of the molecule is CCCNC1CCCN(CC(O)(CC)CC)C1=O. The van der Waals surface area contributed by atoms with Crippen LogP contribution < -0.4 is 5.32 Å². The Hall–Kier alpha value is -0.610. The largest absolute Gasteiger partial charge is 0.388 e. The number of hydrogen-bond donors (Lipinski definition) is 2. The quantitative estimate of drug-likeness (QED) is 0.726. The van der Waals surface area contributed by atoms with Gasteiger partial charge in [-0.2, -0.15) is 0 Å². The minimum atomic E-state index is -0.720. The van der Waals surface area contributed by atoms with Gasteiger partial charge in [-0.15, -0.1) is 0 Å². The molecule has 0 radical (unpaired) electrons. The maximum absolute atomic E-state index is 12.3. The lowest BCUT2D eigenvalue weighted by Gasteiger charge is -2.38. The van der Waals surface area contributed by atoms with E-state index < -0.39 is 5.60 Å². The highest BCUT2D eigenvalue weighted by atomic mass is 16.3. The van der Waals surface area contributed by atoms with Crippen LogP contribution >= 0.6 is 0 Å². The van der Waals surface area contributed by atoms with Crippen LogP contribution in [-0.2, 0) is 4.79 Å². The van der Waals surface area contributed by atoms with Gasteiger partial charge in [0.05, 0.1) is 11.6 Å². The second-order valence-electron chi connectivity index (χ2n) is 5.34. The first kappa shape index (κ1) is 15.4. The summed E-state index contributed by atoms with van der Waals surface area (Å²) in [4.78, 5) is 14.1. The van der Waals surface area contributed by atoms with E-state index in [9.17, 15) is 9.90 Å². The van der Waals surface area contributed by atoms with E-state index in [0.29, 0.717) is 19.4 Å². The molecule has 1 amide bonds. The summed E-state index contributed by atoms with van der Waals surface area (Å²) in [5, 5.41) is 13.6. The zero-order valence-electron chi connectivity index (χ0n) is 12.0. The molecule has 18 heavy (non-hydrogen) atoms. The predicted molar refractivity (Wildman–Crippen MR) is 73.4 cm³/mol. The van der Waals surface area contributed by atoms with E-state index in [1.807, 2.05) is 18.7 Å². The topological polar surface area (TPSA) is 52.6 Å². The molecule has 2 N–H and O–H groups in total. The van der Waals surface area contributed by atoms with E-state index in [-0.39, 0.29) is 11.9 Å². The number of nitrogens with zero attached hydrogens (tertiary/aromatic N) is 1. The molecule has 0 saturated carbocycles. The average molecular weight is 256 g/mol. The van der Waals surface area contributed by atoms with Gasteiger partial charge in [0.1, 0.15) is 0 Å². The van der Waals surface area contributed by atoms with Crippen molar-refractivity contribution in [3.8, 4) is 0 Å². The Bertz CT molecular complexity index is 265. The van der Waals surface area contributed by atoms with Crippen molar-refractivity contribution < 1.29 is 9.90 Å². The first-order chi connectivity index (χ1) is 8.56. The molecular weight excluding hydrogens is 228 g/mol. The number of piperidine rings is 1. The number of carbonyl (C=O) groups excluding carboxylic acids is 1.